The predicted molar refractivity (Wildman–Crippen MR) is 106 cm³/mol. The molecule has 0 unspecified atom stereocenters. The molecular weight excluding hydrogens is 402 g/mol. The summed E-state index contributed by atoms with van der Waals surface area (Å²) in [5.74, 6) is -1.05. The molecule has 1 aromatic heterocycles. The van der Waals surface area contributed by atoms with Crippen molar-refractivity contribution in [3.05, 3.63) is 65.1 Å². The Morgan fingerprint density at radius 2 is 1.97 bits per heavy atom. The fraction of sp³-hybridized carbons (Fsp3) is 0.238. The molecule has 0 spiro atoms. The first kappa shape index (κ1) is 20.8. The maximum Gasteiger partial charge on any atom is 0.224 e. The van der Waals surface area contributed by atoms with Crippen LogP contribution in [0.4, 0.5) is 14.5 Å². The minimum Gasteiger partial charge on any atom is -0.489 e. The molecule has 0 atom stereocenters. The van der Waals surface area contributed by atoms with E-state index in [9.17, 15) is 13.6 Å². The normalized spacial score (nSPS) is 11.0. The number of nitrogens with zero attached hydrogens (tertiary/aromatic N) is 1. The van der Waals surface area contributed by atoms with E-state index in [0.717, 1.165) is 12.1 Å². The number of carbonyl (C=O) groups is 1. The molecular formula is C21H19ClF2N2O3. The van der Waals surface area contributed by atoms with Crippen molar-refractivity contribution in [2.75, 3.05) is 5.32 Å². The molecule has 0 saturated carbocycles. The van der Waals surface area contributed by atoms with Crippen LogP contribution in [0.1, 0.15) is 26.2 Å². The minimum atomic E-state index is -0.743. The Kier molecular flexibility index (Phi) is 6.49. The molecule has 3 aromatic rings. The molecule has 3 rings (SSSR count). The topological polar surface area (TPSA) is 64.4 Å². The highest BCUT2D eigenvalue weighted by atomic mass is 35.5. The van der Waals surface area contributed by atoms with Crippen LogP contribution < -0.4 is 10.1 Å². The third kappa shape index (κ3) is 5.32. The predicted octanol–water partition coefficient (Wildman–Crippen LogP) is 5.63. The average molecular weight is 421 g/mol. The first-order chi connectivity index (χ1) is 13.8. The number of hydrogen-bond donors (Lipinski definition) is 1. The van der Waals surface area contributed by atoms with Crippen molar-refractivity contribution >= 4 is 23.2 Å². The van der Waals surface area contributed by atoms with Crippen molar-refractivity contribution in [2.24, 2.45) is 0 Å². The summed E-state index contributed by atoms with van der Waals surface area (Å²) in [6.07, 6.45) is 1.46. The summed E-state index contributed by atoms with van der Waals surface area (Å²) < 4.78 is 38.6. The molecule has 0 saturated heterocycles. The molecule has 0 fully saturated rings. The Labute approximate surface area is 171 Å². The van der Waals surface area contributed by atoms with Gasteiger partial charge in [0.2, 0.25) is 5.91 Å². The average Bonchev–Trinajstić information content (AvgIpc) is 3.10. The van der Waals surface area contributed by atoms with Gasteiger partial charge in [0.05, 0.1) is 22.9 Å². The summed E-state index contributed by atoms with van der Waals surface area (Å²) in [5, 5.41) is 3.11. The third-order valence-corrected chi connectivity index (χ3v) is 4.20. The molecule has 1 amide bonds. The summed E-state index contributed by atoms with van der Waals surface area (Å²) in [4.78, 5) is 16.2. The van der Waals surface area contributed by atoms with Gasteiger partial charge in [-0.15, -0.1) is 0 Å². The van der Waals surface area contributed by atoms with Gasteiger partial charge in [-0.3, -0.25) is 4.79 Å². The first-order valence-electron chi connectivity index (χ1n) is 8.98. The summed E-state index contributed by atoms with van der Waals surface area (Å²) in [6, 6.07) is 8.51. The number of anilines is 1. The molecule has 0 radical (unpaired) electrons. The second kappa shape index (κ2) is 9.05. The van der Waals surface area contributed by atoms with E-state index in [0.29, 0.717) is 16.5 Å². The zero-order valence-electron chi connectivity index (χ0n) is 15.8. The van der Waals surface area contributed by atoms with Gasteiger partial charge in [0.1, 0.15) is 17.4 Å². The largest absolute Gasteiger partial charge is 0.489 e. The number of hydrogen-bond acceptors (Lipinski definition) is 4. The lowest BCUT2D eigenvalue weighted by Crippen LogP contribution is -2.12. The Morgan fingerprint density at radius 1 is 1.24 bits per heavy atom. The summed E-state index contributed by atoms with van der Waals surface area (Å²) >= 11 is 6.15. The van der Waals surface area contributed by atoms with Gasteiger partial charge in [-0.2, -0.15) is 0 Å². The van der Waals surface area contributed by atoms with E-state index >= 15 is 0 Å². The van der Waals surface area contributed by atoms with Crippen LogP contribution in [0.3, 0.4) is 0 Å². The van der Waals surface area contributed by atoms with Crippen LogP contribution in [0.5, 0.6) is 5.75 Å². The molecule has 0 aliphatic heterocycles. The fourth-order valence-electron chi connectivity index (χ4n) is 2.65. The molecule has 0 aliphatic carbocycles. The van der Waals surface area contributed by atoms with E-state index in [1.165, 1.54) is 12.3 Å². The van der Waals surface area contributed by atoms with E-state index in [4.69, 9.17) is 20.8 Å². The highest BCUT2D eigenvalue weighted by Crippen LogP contribution is 2.29. The third-order valence-electron chi connectivity index (χ3n) is 3.91. The highest BCUT2D eigenvalue weighted by molar-refractivity contribution is 6.32. The number of rotatable bonds is 7. The van der Waals surface area contributed by atoms with Crippen LogP contribution >= 0.6 is 11.6 Å². The second-order valence-corrected chi connectivity index (χ2v) is 6.98. The SMILES string of the molecule is CC(C)Oc1ccc(NC(=O)CCc2ncc(-c3c(F)cccc3F)o2)cc1Cl. The number of amides is 1. The highest BCUT2D eigenvalue weighted by Gasteiger charge is 2.16. The number of halogens is 3. The van der Waals surface area contributed by atoms with Crippen molar-refractivity contribution in [3.8, 4) is 17.1 Å². The van der Waals surface area contributed by atoms with Gasteiger partial charge in [-0.05, 0) is 44.2 Å². The Hall–Kier alpha value is -2.93. The molecule has 29 heavy (non-hydrogen) atoms. The van der Waals surface area contributed by atoms with E-state index in [-0.39, 0.29) is 42.1 Å². The summed E-state index contributed by atoms with van der Waals surface area (Å²) in [6.45, 7) is 3.78. The van der Waals surface area contributed by atoms with Gasteiger partial charge in [-0.25, -0.2) is 13.8 Å². The van der Waals surface area contributed by atoms with Gasteiger partial charge in [0, 0.05) is 18.5 Å². The van der Waals surface area contributed by atoms with Gasteiger partial charge in [0.25, 0.3) is 0 Å². The fourth-order valence-corrected chi connectivity index (χ4v) is 2.87. The molecule has 0 aliphatic rings. The first-order valence-corrected chi connectivity index (χ1v) is 9.36. The van der Waals surface area contributed by atoms with Crippen LogP contribution in [0, 0.1) is 11.6 Å². The van der Waals surface area contributed by atoms with Crippen molar-refractivity contribution in [3.63, 3.8) is 0 Å². The summed E-state index contributed by atoms with van der Waals surface area (Å²) in [7, 11) is 0. The maximum atomic E-state index is 13.8. The zero-order valence-corrected chi connectivity index (χ0v) is 16.6. The van der Waals surface area contributed by atoms with Gasteiger partial charge in [-0.1, -0.05) is 17.7 Å². The lowest BCUT2D eigenvalue weighted by Gasteiger charge is -2.12. The number of ether oxygens (including phenoxy) is 1. The zero-order chi connectivity index (χ0) is 21.0. The molecule has 2 aromatic carbocycles. The van der Waals surface area contributed by atoms with Crippen molar-refractivity contribution in [1.82, 2.24) is 4.98 Å². The lowest BCUT2D eigenvalue weighted by atomic mass is 10.1. The van der Waals surface area contributed by atoms with E-state index in [1.54, 1.807) is 18.2 Å². The van der Waals surface area contributed by atoms with E-state index in [2.05, 4.69) is 10.3 Å². The number of aryl methyl sites for hydroxylation is 1. The Balaban J connectivity index is 1.59. The van der Waals surface area contributed by atoms with Crippen molar-refractivity contribution < 1.29 is 22.7 Å². The maximum absolute atomic E-state index is 13.8. The van der Waals surface area contributed by atoms with Crippen LogP contribution in [-0.2, 0) is 11.2 Å². The Bertz CT molecular complexity index is 1000. The minimum absolute atomic E-state index is 0.0172. The van der Waals surface area contributed by atoms with Gasteiger partial charge < -0.3 is 14.5 Å². The smallest absolute Gasteiger partial charge is 0.224 e. The van der Waals surface area contributed by atoms with Gasteiger partial charge in [0.15, 0.2) is 11.7 Å². The van der Waals surface area contributed by atoms with E-state index in [1.807, 2.05) is 13.8 Å². The Morgan fingerprint density at radius 3 is 2.62 bits per heavy atom. The number of aromatic nitrogens is 1. The van der Waals surface area contributed by atoms with Crippen molar-refractivity contribution in [1.29, 1.82) is 0 Å². The number of benzene rings is 2. The monoisotopic (exact) mass is 420 g/mol. The standard InChI is InChI=1S/C21H19ClF2N2O3/c1-12(2)28-17-7-6-13(10-14(17)22)26-19(27)8-9-20-25-11-18(29-20)21-15(23)4-3-5-16(21)24/h3-7,10-12H,8-9H2,1-2H3,(H,26,27). The van der Waals surface area contributed by atoms with Crippen molar-refractivity contribution in [2.45, 2.75) is 32.8 Å². The van der Waals surface area contributed by atoms with Crippen LogP contribution in [0.2, 0.25) is 5.02 Å². The molecule has 152 valence electrons. The number of carbonyl (C=O) groups excluding carboxylic acids is 1. The van der Waals surface area contributed by atoms with E-state index < -0.39 is 11.6 Å². The molecule has 1 N–H and O–H groups in total. The quantitative estimate of drug-likeness (QED) is 0.537. The molecule has 5 nitrogen and oxygen atoms in total. The second-order valence-electron chi connectivity index (χ2n) is 6.57. The number of oxazole rings is 1. The molecule has 1 heterocycles. The summed E-state index contributed by atoms with van der Waals surface area (Å²) in [5.41, 5.74) is 0.242. The molecule has 0 bridgehead atoms. The number of nitrogens with one attached hydrogen (secondary N) is 1. The molecule has 8 heteroatoms. The van der Waals surface area contributed by atoms with Crippen LogP contribution in [0.25, 0.3) is 11.3 Å². The van der Waals surface area contributed by atoms with Crippen LogP contribution in [0.15, 0.2) is 47.0 Å². The van der Waals surface area contributed by atoms with Gasteiger partial charge >= 0.3 is 0 Å². The lowest BCUT2D eigenvalue weighted by molar-refractivity contribution is -0.116. The van der Waals surface area contributed by atoms with Crippen LogP contribution in [-0.4, -0.2) is 17.0 Å².